The molecule has 1 rings (SSSR count). The van der Waals surface area contributed by atoms with Crippen LogP contribution in [0.3, 0.4) is 0 Å². The summed E-state index contributed by atoms with van der Waals surface area (Å²) in [5, 5.41) is 27.9. The molecule has 3 amide bonds. The second-order valence-corrected chi connectivity index (χ2v) is 10.3. The van der Waals surface area contributed by atoms with Gasteiger partial charge in [-0.2, -0.15) is 0 Å². The summed E-state index contributed by atoms with van der Waals surface area (Å²) in [5.74, 6) is -3.22. The lowest BCUT2D eigenvalue weighted by Gasteiger charge is -2.14. The molecule has 1 aromatic carbocycles. The molecule has 180 valence electrons. The molecule has 0 radical (unpaired) electrons. The fraction of sp³-hybridized carbons (Fsp3) is 0.333. The van der Waals surface area contributed by atoms with Gasteiger partial charge in [0.25, 0.3) is 5.24 Å². The van der Waals surface area contributed by atoms with Gasteiger partial charge in [-0.25, -0.2) is 9.59 Å². The summed E-state index contributed by atoms with van der Waals surface area (Å²) in [6.07, 6.45) is 0. The zero-order valence-electron chi connectivity index (χ0n) is 17.4. The molecule has 0 saturated heterocycles. The number of carboxylic acid groups (broad SMARTS) is 2. The van der Waals surface area contributed by atoms with Crippen LogP contribution in [0.4, 0.5) is 16.2 Å². The van der Waals surface area contributed by atoms with E-state index in [1.54, 1.807) is 24.3 Å². The number of thioether (sulfide) groups is 1. The van der Waals surface area contributed by atoms with Crippen molar-refractivity contribution in [2.75, 3.05) is 22.1 Å². The number of rotatable bonds is 11. The van der Waals surface area contributed by atoms with Gasteiger partial charge in [0.2, 0.25) is 11.8 Å². The van der Waals surface area contributed by atoms with Crippen molar-refractivity contribution in [2.24, 2.45) is 0 Å². The average molecular weight is 535 g/mol. The van der Waals surface area contributed by atoms with Gasteiger partial charge in [-0.3, -0.25) is 14.4 Å². The Bertz CT molecular complexity index is 898. The van der Waals surface area contributed by atoms with E-state index >= 15 is 0 Å². The number of carbonyl (C=O) groups is 5. The fourth-order valence-electron chi connectivity index (χ4n) is 2.08. The molecule has 2 atom stereocenters. The quantitative estimate of drug-likeness (QED) is 0.181. The van der Waals surface area contributed by atoms with Gasteiger partial charge >= 0.3 is 11.9 Å². The van der Waals surface area contributed by atoms with Crippen molar-refractivity contribution in [1.82, 2.24) is 10.6 Å². The van der Waals surface area contributed by atoms with Gasteiger partial charge in [0.05, 0.1) is 0 Å². The minimum atomic E-state index is -1.19. The van der Waals surface area contributed by atoms with Gasteiger partial charge in [0, 0.05) is 47.5 Å². The molecule has 2 unspecified atom stereocenters. The molecule has 0 spiro atoms. The topological polar surface area (TPSA) is 174 Å². The van der Waals surface area contributed by atoms with E-state index in [1.807, 2.05) is 0 Å². The Labute approximate surface area is 207 Å². The van der Waals surface area contributed by atoms with Crippen LogP contribution in [0.5, 0.6) is 0 Å². The van der Waals surface area contributed by atoms with Crippen molar-refractivity contribution in [3.8, 4) is 0 Å². The molecule has 0 bridgehead atoms. The smallest absolute Gasteiger partial charge is 0.327 e. The molecule has 1 aromatic rings. The summed E-state index contributed by atoms with van der Waals surface area (Å²) < 4.78 is 0.308. The van der Waals surface area contributed by atoms with Crippen molar-refractivity contribution < 1.29 is 34.2 Å². The molecule has 0 fully saturated rings. The predicted molar refractivity (Wildman–Crippen MR) is 135 cm³/mol. The van der Waals surface area contributed by atoms with E-state index in [-0.39, 0.29) is 11.5 Å². The monoisotopic (exact) mass is 534 g/mol. The molecule has 6 N–H and O–H groups in total. The highest BCUT2D eigenvalue weighted by Crippen LogP contribution is 2.25. The summed E-state index contributed by atoms with van der Waals surface area (Å²) >= 11 is 6.24. The Hall–Kier alpha value is -2.49. The minimum absolute atomic E-state index is 0.00956. The number of anilines is 2. The van der Waals surface area contributed by atoms with E-state index in [1.165, 1.54) is 13.8 Å². The summed E-state index contributed by atoms with van der Waals surface area (Å²) in [4.78, 5) is 56.2. The van der Waals surface area contributed by atoms with Crippen LogP contribution in [0.25, 0.3) is 0 Å². The predicted octanol–water partition coefficient (Wildman–Crippen LogP) is 2.21. The zero-order valence-corrected chi connectivity index (χ0v) is 20.7. The Morgan fingerprint density at radius 1 is 0.848 bits per heavy atom. The molecule has 0 aliphatic heterocycles. The first-order chi connectivity index (χ1) is 15.5. The largest absolute Gasteiger partial charge is 0.480 e. The Kier molecular flexibility index (Phi) is 12.6. The van der Waals surface area contributed by atoms with Crippen LogP contribution in [-0.2, 0) is 19.2 Å². The maximum Gasteiger partial charge on any atom is 0.327 e. The first kappa shape index (κ1) is 28.5. The van der Waals surface area contributed by atoms with Crippen LogP contribution < -0.4 is 21.3 Å². The van der Waals surface area contributed by atoms with E-state index in [2.05, 4.69) is 21.3 Å². The average Bonchev–Trinajstić information content (AvgIpc) is 2.71. The maximum atomic E-state index is 12.0. The summed E-state index contributed by atoms with van der Waals surface area (Å²) in [6.45, 7) is 2.44. The SMILES string of the molecule is CC(=O)NC(CSSC(=O)Nc1ccc(NC(=S)SCC(NC(C)=O)C(=O)O)cc1)C(=O)O. The molecule has 0 heterocycles. The first-order valence-corrected chi connectivity index (χ1v) is 12.8. The van der Waals surface area contributed by atoms with Gasteiger partial charge in [0.1, 0.15) is 16.4 Å². The van der Waals surface area contributed by atoms with Crippen molar-refractivity contribution in [1.29, 1.82) is 0 Å². The Balaban J connectivity index is 2.46. The highest BCUT2D eigenvalue weighted by molar-refractivity contribution is 8.82. The third kappa shape index (κ3) is 12.4. The van der Waals surface area contributed by atoms with E-state index in [9.17, 15) is 24.0 Å². The molecule has 33 heavy (non-hydrogen) atoms. The molecular formula is C18H22N4O7S4. The van der Waals surface area contributed by atoms with Crippen molar-refractivity contribution in [3.05, 3.63) is 24.3 Å². The van der Waals surface area contributed by atoms with Gasteiger partial charge < -0.3 is 31.5 Å². The number of nitrogens with one attached hydrogen (secondary N) is 4. The molecule has 0 aromatic heterocycles. The van der Waals surface area contributed by atoms with Crippen LogP contribution >= 0.6 is 45.6 Å². The highest BCUT2D eigenvalue weighted by atomic mass is 33.1. The van der Waals surface area contributed by atoms with Gasteiger partial charge in [-0.15, -0.1) is 0 Å². The summed E-state index contributed by atoms with van der Waals surface area (Å²) in [5.41, 5.74) is 1.10. The number of amides is 3. The minimum Gasteiger partial charge on any atom is -0.480 e. The third-order valence-electron chi connectivity index (χ3n) is 3.48. The van der Waals surface area contributed by atoms with E-state index in [0.29, 0.717) is 15.7 Å². The number of hydrogen-bond donors (Lipinski definition) is 6. The van der Waals surface area contributed by atoms with E-state index < -0.39 is 41.1 Å². The lowest BCUT2D eigenvalue weighted by molar-refractivity contribution is -0.141. The number of thiocarbonyl (C=S) groups is 1. The van der Waals surface area contributed by atoms with Crippen LogP contribution in [-0.4, -0.2) is 67.1 Å². The summed E-state index contributed by atoms with van der Waals surface area (Å²) in [6, 6.07) is 4.38. The van der Waals surface area contributed by atoms with E-state index in [0.717, 1.165) is 33.3 Å². The molecule has 15 heteroatoms. The van der Waals surface area contributed by atoms with Gasteiger partial charge in [-0.1, -0.05) is 34.8 Å². The third-order valence-corrected chi connectivity index (χ3v) is 6.86. The van der Waals surface area contributed by atoms with Crippen molar-refractivity contribution >= 4 is 90.3 Å². The van der Waals surface area contributed by atoms with Crippen LogP contribution in [0.2, 0.25) is 0 Å². The number of aliphatic carboxylic acids is 2. The van der Waals surface area contributed by atoms with Crippen LogP contribution in [0, 0.1) is 0 Å². The second kappa shape index (κ2) is 14.6. The molecular weight excluding hydrogens is 512 g/mol. The van der Waals surface area contributed by atoms with Crippen molar-refractivity contribution in [2.45, 2.75) is 25.9 Å². The lowest BCUT2D eigenvalue weighted by Crippen LogP contribution is -2.41. The van der Waals surface area contributed by atoms with Gasteiger partial charge in [0.15, 0.2) is 0 Å². The summed E-state index contributed by atoms with van der Waals surface area (Å²) in [7, 11) is 1.80. The Morgan fingerprint density at radius 3 is 1.76 bits per heavy atom. The molecule has 0 aliphatic carbocycles. The number of carbonyl (C=O) groups excluding carboxylic acids is 3. The standard InChI is InChI=1S/C18H22N4O7S4/c1-9(23)19-13(15(25)26)7-31-18(30)22-12-5-3-11(4-6-12)21-17(29)33-32-8-14(16(27)28)20-10(2)24/h3-6,13-14H,7-8H2,1-2H3,(H,19,23)(H,20,24)(H,21,29)(H,22,30)(H,25,26)(H,27,28). The van der Waals surface area contributed by atoms with E-state index in [4.69, 9.17) is 22.4 Å². The molecule has 11 nitrogen and oxygen atoms in total. The Morgan fingerprint density at radius 2 is 1.30 bits per heavy atom. The highest BCUT2D eigenvalue weighted by Gasteiger charge is 2.20. The van der Waals surface area contributed by atoms with Gasteiger partial charge in [-0.05, 0) is 24.3 Å². The molecule has 0 saturated carbocycles. The molecule has 0 aliphatic rings. The zero-order chi connectivity index (χ0) is 25.0. The van der Waals surface area contributed by atoms with Crippen LogP contribution in [0.1, 0.15) is 13.8 Å². The maximum absolute atomic E-state index is 12.0. The fourth-order valence-corrected chi connectivity index (χ4v) is 4.90. The number of carboxylic acids is 2. The normalized spacial score (nSPS) is 12.1. The first-order valence-electron chi connectivity index (χ1n) is 9.12. The lowest BCUT2D eigenvalue weighted by atomic mass is 10.3. The van der Waals surface area contributed by atoms with Crippen LogP contribution in [0.15, 0.2) is 24.3 Å². The van der Waals surface area contributed by atoms with Crippen molar-refractivity contribution in [3.63, 3.8) is 0 Å². The number of hydrogen-bond acceptors (Lipinski definition) is 9. The second-order valence-electron chi connectivity index (χ2n) is 6.26. The number of benzene rings is 1.